The van der Waals surface area contributed by atoms with Crippen LogP contribution in [0.5, 0.6) is 5.75 Å². The van der Waals surface area contributed by atoms with E-state index in [0.717, 1.165) is 12.3 Å². The van der Waals surface area contributed by atoms with Gasteiger partial charge < -0.3 is 10.1 Å². The largest absolute Gasteiger partial charge is 0.494 e. The maximum atomic E-state index is 5.51. The topological polar surface area (TPSA) is 21.3 Å². The Hall–Kier alpha value is -1.07. The summed E-state index contributed by atoms with van der Waals surface area (Å²) in [5.74, 6) is 0.925. The molecule has 2 rings (SSSR count). The summed E-state index contributed by atoms with van der Waals surface area (Å²) >= 11 is 2.40. The predicted molar refractivity (Wildman–Crippen MR) is 92.3 cm³/mol. The molecule has 2 nitrogen and oxygen atoms in total. The van der Waals surface area contributed by atoms with Crippen LogP contribution < -0.4 is 10.1 Å². The lowest BCUT2D eigenvalue weighted by atomic mass is 9.98. The van der Waals surface area contributed by atoms with Gasteiger partial charge in [0.05, 0.1) is 12.6 Å². The van der Waals surface area contributed by atoms with Crippen molar-refractivity contribution in [3.63, 3.8) is 0 Å². The lowest BCUT2D eigenvalue weighted by molar-refractivity contribution is 0.340. The molecule has 2 aromatic rings. The second kappa shape index (κ2) is 7.64. The molecule has 3 heteroatoms. The number of halogens is 1. The van der Waals surface area contributed by atoms with E-state index in [-0.39, 0.29) is 6.04 Å². The van der Waals surface area contributed by atoms with Crippen molar-refractivity contribution in [2.75, 3.05) is 13.2 Å². The average molecular weight is 381 g/mol. The molecule has 0 aliphatic carbocycles. The van der Waals surface area contributed by atoms with Crippen LogP contribution >= 0.6 is 22.6 Å². The first-order valence-electron chi connectivity index (χ1n) is 6.96. The van der Waals surface area contributed by atoms with Gasteiger partial charge >= 0.3 is 0 Å². The Balaban J connectivity index is 2.31. The number of benzene rings is 2. The molecule has 1 atom stereocenters. The first-order valence-corrected chi connectivity index (χ1v) is 8.04. The van der Waals surface area contributed by atoms with Crippen LogP contribution in [-0.4, -0.2) is 13.2 Å². The van der Waals surface area contributed by atoms with Gasteiger partial charge in [-0.2, -0.15) is 0 Å². The maximum absolute atomic E-state index is 5.51. The van der Waals surface area contributed by atoms with Crippen molar-refractivity contribution in [1.82, 2.24) is 5.32 Å². The van der Waals surface area contributed by atoms with Crippen molar-refractivity contribution >= 4 is 22.6 Å². The molecule has 0 fully saturated rings. The van der Waals surface area contributed by atoms with Gasteiger partial charge in [-0.1, -0.05) is 37.3 Å². The van der Waals surface area contributed by atoms with Crippen LogP contribution in [0.1, 0.15) is 31.0 Å². The zero-order valence-electron chi connectivity index (χ0n) is 11.9. The molecule has 1 N–H and O–H groups in total. The molecule has 1 unspecified atom stereocenters. The number of hydrogen-bond acceptors (Lipinski definition) is 2. The molecule has 0 aliphatic rings. The zero-order chi connectivity index (χ0) is 14.4. The van der Waals surface area contributed by atoms with Gasteiger partial charge in [-0.3, -0.25) is 0 Å². The highest BCUT2D eigenvalue weighted by Gasteiger charge is 2.15. The second-order valence-corrected chi connectivity index (χ2v) is 5.68. The summed E-state index contributed by atoms with van der Waals surface area (Å²) in [6.07, 6.45) is 0. The van der Waals surface area contributed by atoms with Gasteiger partial charge in [0.15, 0.2) is 0 Å². The highest BCUT2D eigenvalue weighted by molar-refractivity contribution is 14.1. The molecule has 20 heavy (non-hydrogen) atoms. The third-order valence-electron chi connectivity index (χ3n) is 3.15. The van der Waals surface area contributed by atoms with Crippen molar-refractivity contribution in [2.45, 2.75) is 19.9 Å². The van der Waals surface area contributed by atoms with Crippen LogP contribution in [0.4, 0.5) is 0 Å². The summed E-state index contributed by atoms with van der Waals surface area (Å²) in [6.45, 7) is 5.77. The van der Waals surface area contributed by atoms with Crippen LogP contribution in [0, 0.1) is 3.57 Å². The lowest BCUT2D eigenvalue weighted by Gasteiger charge is -2.20. The Kier molecular flexibility index (Phi) is 5.86. The molecule has 0 amide bonds. The van der Waals surface area contributed by atoms with Crippen molar-refractivity contribution in [2.24, 2.45) is 0 Å². The monoisotopic (exact) mass is 381 g/mol. The summed E-state index contributed by atoms with van der Waals surface area (Å²) < 4.78 is 6.79. The van der Waals surface area contributed by atoms with Gasteiger partial charge in [-0.15, -0.1) is 0 Å². The van der Waals surface area contributed by atoms with Crippen molar-refractivity contribution in [1.29, 1.82) is 0 Å². The van der Waals surface area contributed by atoms with Gasteiger partial charge in [0, 0.05) is 3.57 Å². The molecule has 0 saturated carbocycles. The van der Waals surface area contributed by atoms with E-state index in [2.05, 4.69) is 71.2 Å². The first-order chi connectivity index (χ1) is 9.76. The van der Waals surface area contributed by atoms with E-state index >= 15 is 0 Å². The van der Waals surface area contributed by atoms with E-state index in [9.17, 15) is 0 Å². The SMILES string of the molecule is CCNC(c1ccc(OCC)cc1)c1ccccc1I. The molecule has 0 radical (unpaired) electrons. The second-order valence-electron chi connectivity index (χ2n) is 4.51. The van der Waals surface area contributed by atoms with Gasteiger partial charge in [-0.05, 0) is 65.4 Å². The molecular weight excluding hydrogens is 361 g/mol. The fourth-order valence-corrected chi connectivity index (χ4v) is 2.94. The van der Waals surface area contributed by atoms with E-state index in [1.165, 1.54) is 14.7 Å². The van der Waals surface area contributed by atoms with Gasteiger partial charge in [0.25, 0.3) is 0 Å². The number of nitrogens with one attached hydrogen (secondary N) is 1. The predicted octanol–water partition coefficient (Wildman–Crippen LogP) is 4.39. The van der Waals surface area contributed by atoms with Crippen LogP contribution in [0.2, 0.25) is 0 Å². The highest BCUT2D eigenvalue weighted by Crippen LogP contribution is 2.27. The zero-order valence-corrected chi connectivity index (χ0v) is 14.1. The fourth-order valence-electron chi connectivity index (χ4n) is 2.24. The first kappa shape index (κ1) is 15.3. The van der Waals surface area contributed by atoms with Crippen LogP contribution in [-0.2, 0) is 0 Å². The number of rotatable bonds is 6. The number of hydrogen-bond donors (Lipinski definition) is 1. The van der Waals surface area contributed by atoms with E-state index < -0.39 is 0 Å². The average Bonchev–Trinajstić information content (AvgIpc) is 2.47. The normalized spacial score (nSPS) is 12.2. The standard InChI is InChI=1S/C17H20INO/c1-3-19-17(15-7-5-6-8-16(15)18)13-9-11-14(12-10-13)20-4-2/h5-12,17,19H,3-4H2,1-2H3. The Bertz CT molecular complexity index is 539. The Morgan fingerprint density at radius 2 is 1.75 bits per heavy atom. The minimum absolute atomic E-state index is 0.226. The van der Waals surface area contributed by atoms with Crippen molar-refractivity contribution in [3.05, 3.63) is 63.2 Å². The minimum atomic E-state index is 0.226. The summed E-state index contributed by atoms with van der Waals surface area (Å²) in [6, 6.07) is 17.1. The molecule has 106 valence electrons. The van der Waals surface area contributed by atoms with Gasteiger partial charge in [0.1, 0.15) is 5.75 Å². The number of ether oxygens (including phenoxy) is 1. The third-order valence-corrected chi connectivity index (χ3v) is 4.13. The minimum Gasteiger partial charge on any atom is -0.494 e. The molecule has 0 aromatic heterocycles. The van der Waals surface area contributed by atoms with Crippen LogP contribution in [0.3, 0.4) is 0 Å². The fraction of sp³-hybridized carbons (Fsp3) is 0.294. The van der Waals surface area contributed by atoms with Crippen LogP contribution in [0.15, 0.2) is 48.5 Å². The van der Waals surface area contributed by atoms with E-state index in [4.69, 9.17) is 4.74 Å². The summed E-state index contributed by atoms with van der Waals surface area (Å²) in [4.78, 5) is 0. The highest BCUT2D eigenvalue weighted by atomic mass is 127. The molecule has 0 bridgehead atoms. The van der Waals surface area contributed by atoms with E-state index in [1.807, 2.05) is 19.1 Å². The molecule has 0 aliphatic heterocycles. The Morgan fingerprint density at radius 3 is 2.35 bits per heavy atom. The molecule has 0 heterocycles. The third kappa shape index (κ3) is 3.73. The molecule has 0 saturated heterocycles. The maximum Gasteiger partial charge on any atom is 0.119 e. The van der Waals surface area contributed by atoms with Crippen LogP contribution in [0.25, 0.3) is 0 Å². The lowest BCUT2D eigenvalue weighted by Crippen LogP contribution is -2.22. The summed E-state index contributed by atoms with van der Waals surface area (Å²) in [5.41, 5.74) is 2.58. The Labute approximate surface area is 134 Å². The summed E-state index contributed by atoms with van der Waals surface area (Å²) in [5, 5.41) is 3.56. The van der Waals surface area contributed by atoms with Gasteiger partial charge in [0.2, 0.25) is 0 Å². The van der Waals surface area contributed by atoms with Crippen molar-refractivity contribution in [3.8, 4) is 5.75 Å². The van der Waals surface area contributed by atoms with Gasteiger partial charge in [-0.25, -0.2) is 0 Å². The quantitative estimate of drug-likeness (QED) is 0.750. The summed E-state index contributed by atoms with van der Waals surface area (Å²) in [7, 11) is 0. The molecule has 2 aromatic carbocycles. The van der Waals surface area contributed by atoms with Crippen molar-refractivity contribution < 1.29 is 4.74 Å². The molecular formula is C17H20INO. The van der Waals surface area contributed by atoms with E-state index in [0.29, 0.717) is 6.61 Å². The van der Waals surface area contributed by atoms with E-state index in [1.54, 1.807) is 0 Å². The molecule has 0 spiro atoms. The Morgan fingerprint density at radius 1 is 1.05 bits per heavy atom. The smallest absolute Gasteiger partial charge is 0.119 e.